The minimum Gasteiger partial charge on any atom is -0.267 e. The highest BCUT2D eigenvalue weighted by Gasteiger charge is 2.17. The Bertz CT molecular complexity index is 568. The number of nitrogens with zero attached hydrogens (tertiary/aromatic N) is 3. The summed E-state index contributed by atoms with van der Waals surface area (Å²) in [7, 11) is 0. The third-order valence-corrected chi connectivity index (χ3v) is 2.48. The first-order chi connectivity index (χ1) is 8.04. The summed E-state index contributed by atoms with van der Waals surface area (Å²) in [5, 5.41) is 7.15. The van der Waals surface area contributed by atoms with Crippen molar-refractivity contribution in [3.05, 3.63) is 40.7 Å². The van der Waals surface area contributed by atoms with Gasteiger partial charge in [0.2, 0.25) is 5.28 Å². The van der Waals surface area contributed by atoms with Crippen molar-refractivity contribution in [3.8, 4) is 5.69 Å². The molecule has 0 bridgehead atoms. The molecule has 1 heterocycles. The number of hydrogen-bond donors (Lipinski definition) is 0. The summed E-state index contributed by atoms with van der Waals surface area (Å²) in [6.45, 7) is 1.76. The fourth-order valence-corrected chi connectivity index (χ4v) is 1.67. The van der Waals surface area contributed by atoms with E-state index in [0.29, 0.717) is 18.3 Å². The minimum atomic E-state index is -1.26. The van der Waals surface area contributed by atoms with Crippen LogP contribution in [0.3, 0.4) is 0 Å². The quantitative estimate of drug-likeness (QED) is 0.778. The number of aromatic nitrogens is 3. The first-order valence-electron chi connectivity index (χ1n) is 4.79. The molecule has 0 saturated heterocycles. The van der Waals surface area contributed by atoms with E-state index in [2.05, 4.69) is 10.2 Å². The molecule has 2 rings (SSSR count). The highest BCUT2D eigenvalue weighted by Crippen LogP contribution is 2.22. The van der Waals surface area contributed by atoms with Crippen molar-refractivity contribution in [2.75, 3.05) is 0 Å². The van der Waals surface area contributed by atoms with Crippen molar-refractivity contribution in [2.45, 2.75) is 13.3 Å². The molecule has 0 aliphatic rings. The molecule has 0 N–H and O–H groups in total. The van der Waals surface area contributed by atoms with Gasteiger partial charge in [0.05, 0.1) is 5.69 Å². The van der Waals surface area contributed by atoms with Crippen molar-refractivity contribution >= 4 is 11.6 Å². The molecule has 2 aromatic rings. The van der Waals surface area contributed by atoms with Crippen LogP contribution in [0.1, 0.15) is 12.7 Å². The lowest BCUT2D eigenvalue weighted by molar-refractivity contribution is 0.492. The summed E-state index contributed by atoms with van der Waals surface area (Å²) in [6.07, 6.45) is 0.429. The zero-order valence-corrected chi connectivity index (χ0v) is 9.47. The van der Waals surface area contributed by atoms with E-state index in [4.69, 9.17) is 11.6 Å². The average molecular weight is 262 g/mol. The molecule has 0 atom stereocenters. The van der Waals surface area contributed by atoms with E-state index in [9.17, 15) is 13.2 Å². The molecule has 0 aliphatic carbocycles. The van der Waals surface area contributed by atoms with Gasteiger partial charge in [-0.05, 0) is 11.6 Å². The van der Waals surface area contributed by atoms with Gasteiger partial charge in [-0.3, -0.25) is 4.57 Å². The van der Waals surface area contributed by atoms with Gasteiger partial charge in [-0.2, -0.15) is 0 Å². The van der Waals surface area contributed by atoms with Crippen molar-refractivity contribution in [3.63, 3.8) is 0 Å². The van der Waals surface area contributed by atoms with E-state index in [1.54, 1.807) is 6.92 Å². The normalized spacial score (nSPS) is 10.9. The van der Waals surface area contributed by atoms with Crippen molar-refractivity contribution in [1.82, 2.24) is 14.8 Å². The summed E-state index contributed by atoms with van der Waals surface area (Å²) >= 11 is 5.73. The highest BCUT2D eigenvalue weighted by molar-refractivity contribution is 6.28. The fraction of sp³-hybridized carbons (Fsp3) is 0.200. The van der Waals surface area contributed by atoms with Gasteiger partial charge in [0.15, 0.2) is 11.6 Å². The molecule has 90 valence electrons. The minimum absolute atomic E-state index is 0.105. The molecule has 0 unspecified atom stereocenters. The number of aryl methyl sites for hydroxylation is 1. The maximum absolute atomic E-state index is 13.5. The molecule has 0 aliphatic heterocycles. The second kappa shape index (κ2) is 4.37. The SMILES string of the molecule is CCc1nnc(Cl)n1-c1cc(F)c(F)cc1F. The third kappa shape index (κ3) is 2.00. The standard InChI is InChI=1S/C10H7ClF3N3/c1-2-9-15-16-10(11)17(9)8-4-6(13)5(12)3-7(8)14/h3-4H,2H2,1H3. The van der Waals surface area contributed by atoms with Crippen LogP contribution in [0.15, 0.2) is 12.1 Å². The number of halogens is 4. The molecular formula is C10H7ClF3N3. The highest BCUT2D eigenvalue weighted by atomic mass is 35.5. The molecule has 0 fully saturated rings. The topological polar surface area (TPSA) is 30.7 Å². The zero-order valence-electron chi connectivity index (χ0n) is 8.72. The van der Waals surface area contributed by atoms with Crippen LogP contribution >= 0.6 is 11.6 Å². The van der Waals surface area contributed by atoms with Gasteiger partial charge in [0, 0.05) is 18.6 Å². The van der Waals surface area contributed by atoms with Crippen LogP contribution in [0.5, 0.6) is 0 Å². The Morgan fingerprint density at radius 1 is 1.12 bits per heavy atom. The fourth-order valence-electron chi connectivity index (χ4n) is 1.45. The molecule has 0 amide bonds. The van der Waals surface area contributed by atoms with E-state index < -0.39 is 17.5 Å². The first-order valence-corrected chi connectivity index (χ1v) is 5.17. The van der Waals surface area contributed by atoms with Crippen LogP contribution in [-0.4, -0.2) is 14.8 Å². The second-order valence-electron chi connectivity index (χ2n) is 3.29. The Morgan fingerprint density at radius 3 is 2.41 bits per heavy atom. The Balaban J connectivity index is 2.68. The Morgan fingerprint density at radius 2 is 1.76 bits per heavy atom. The van der Waals surface area contributed by atoms with E-state index in [-0.39, 0.29) is 11.0 Å². The number of hydrogen-bond acceptors (Lipinski definition) is 2. The maximum Gasteiger partial charge on any atom is 0.229 e. The van der Waals surface area contributed by atoms with Crippen molar-refractivity contribution in [1.29, 1.82) is 0 Å². The van der Waals surface area contributed by atoms with Gasteiger partial charge < -0.3 is 0 Å². The van der Waals surface area contributed by atoms with Gasteiger partial charge >= 0.3 is 0 Å². The number of rotatable bonds is 2. The molecule has 0 saturated carbocycles. The van der Waals surface area contributed by atoms with Crippen molar-refractivity contribution in [2.24, 2.45) is 0 Å². The molecule has 7 heteroatoms. The van der Waals surface area contributed by atoms with E-state index in [0.717, 1.165) is 10.6 Å². The average Bonchev–Trinajstić information content (AvgIpc) is 2.65. The van der Waals surface area contributed by atoms with Crippen LogP contribution in [0.4, 0.5) is 13.2 Å². The number of benzene rings is 1. The van der Waals surface area contributed by atoms with Crippen LogP contribution in [-0.2, 0) is 6.42 Å². The van der Waals surface area contributed by atoms with E-state index in [1.807, 2.05) is 0 Å². The van der Waals surface area contributed by atoms with Gasteiger partial charge in [0.1, 0.15) is 11.6 Å². The lowest BCUT2D eigenvalue weighted by atomic mass is 10.2. The van der Waals surface area contributed by atoms with Crippen LogP contribution in [0.2, 0.25) is 5.28 Å². The van der Waals surface area contributed by atoms with Gasteiger partial charge in [-0.1, -0.05) is 6.92 Å². The van der Waals surface area contributed by atoms with Crippen LogP contribution in [0.25, 0.3) is 5.69 Å². The Kier molecular flexibility index (Phi) is 3.06. The monoisotopic (exact) mass is 261 g/mol. The summed E-state index contributed by atoms with van der Waals surface area (Å²) in [5.41, 5.74) is -0.212. The summed E-state index contributed by atoms with van der Waals surface area (Å²) in [4.78, 5) is 0. The van der Waals surface area contributed by atoms with Gasteiger partial charge in [-0.15, -0.1) is 10.2 Å². The lowest BCUT2D eigenvalue weighted by Crippen LogP contribution is -2.04. The summed E-state index contributed by atoms with van der Waals surface area (Å²) in [6, 6.07) is 1.18. The molecule has 3 nitrogen and oxygen atoms in total. The Labute approximate surface area is 99.8 Å². The summed E-state index contributed by atoms with van der Waals surface area (Å²) < 4.78 is 40.6. The summed E-state index contributed by atoms with van der Waals surface area (Å²) in [5.74, 6) is -2.98. The molecule has 1 aromatic heterocycles. The third-order valence-electron chi connectivity index (χ3n) is 2.24. The van der Waals surface area contributed by atoms with E-state index >= 15 is 0 Å². The Hall–Kier alpha value is -1.56. The largest absolute Gasteiger partial charge is 0.267 e. The smallest absolute Gasteiger partial charge is 0.229 e. The first kappa shape index (κ1) is 11.9. The maximum atomic E-state index is 13.5. The molecule has 1 aromatic carbocycles. The lowest BCUT2D eigenvalue weighted by Gasteiger charge is -2.08. The zero-order chi connectivity index (χ0) is 12.6. The van der Waals surface area contributed by atoms with Crippen molar-refractivity contribution < 1.29 is 13.2 Å². The molecule has 0 spiro atoms. The van der Waals surface area contributed by atoms with Crippen LogP contribution < -0.4 is 0 Å². The van der Waals surface area contributed by atoms with Gasteiger partial charge in [-0.25, -0.2) is 13.2 Å². The predicted molar refractivity (Wildman–Crippen MR) is 55.6 cm³/mol. The van der Waals surface area contributed by atoms with E-state index in [1.165, 1.54) is 0 Å². The predicted octanol–water partition coefficient (Wildman–Crippen LogP) is 2.90. The van der Waals surface area contributed by atoms with Crippen LogP contribution in [0, 0.1) is 17.5 Å². The molecular weight excluding hydrogens is 255 g/mol. The second-order valence-corrected chi connectivity index (χ2v) is 3.63. The van der Waals surface area contributed by atoms with Gasteiger partial charge in [0.25, 0.3) is 0 Å². The molecule has 17 heavy (non-hydrogen) atoms. The molecule has 0 radical (unpaired) electrons.